The van der Waals surface area contributed by atoms with Gasteiger partial charge in [-0.1, -0.05) is 0 Å². The van der Waals surface area contributed by atoms with Crippen LogP contribution in [0.25, 0.3) is 0 Å². The molecule has 1 saturated heterocycles. The molecule has 0 saturated carbocycles. The molecular formula is C15H19NO3. The number of ether oxygens (including phenoxy) is 2. The number of hydrogen-bond acceptors (Lipinski definition) is 3. The molecule has 2 aliphatic rings. The monoisotopic (exact) mass is 261 g/mol. The second kappa shape index (κ2) is 5.61. The van der Waals surface area contributed by atoms with Crippen molar-refractivity contribution in [1.82, 2.24) is 5.32 Å². The highest BCUT2D eigenvalue weighted by molar-refractivity contribution is 5.94. The molecule has 0 radical (unpaired) electrons. The van der Waals surface area contributed by atoms with Gasteiger partial charge in [-0.25, -0.2) is 0 Å². The summed E-state index contributed by atoms with van der Waals surface area (Å²) in [6.07, 6.45) is 3.06. The molecule has 1 atom stereocenters. The minimum atomic E-state index is 0.000253. The Bertz CT molecular complexity index is 466. The van der Waals surface area contributed by atoms with Crippen molar-refractivity contribution in [2.24, 2.45) is 5.92 Å². The molecule has 4 nitrogen and oxygen atoms in total. The summed E-state index contributed by atoms with van der Waals surface area (Å²) >= 11 is 0. The van der Waals surface area contributed by atoms with Crippen LogP contribution in [-0.4, -0.2) is 32.3 Å². The zero-order chi connectivity index (χ0) is 13.1. The summed E-state index contributed by atoms with van der Waals surface area (Å²) in [5, 5.41) is 2.99. The van der Waals surface area contributed by atoms with Crippen molar-refractivity contribution < 1.29 is 14.3 Å². The van der Waals surface area contributed by atoms with Crippen LogP contribution in [0.1, 0.15) is 28.8 Å². The van der Waals surface area contributed by atoms with Gasteiger partial charge < -0.3 is 14.8 Å². The molecule has 1 aromatic rings. The van der Waals surface area contributed by atoms with Gasteiger partial charge in [-0.15, -0.1) is 0 Å². The van der Waals surface area contributed by atoms with Gasteiger partial charge in [0.25, 0.3) is 5.91 Å². The third-order valence-corrected chi connectivity index (χ3v) is 3.75. The molecule has 3 rings (SSSR count). The zero-order valence-electron chi connectivity index (χ0n) is 11.0. The number of amides is 1. The SMILES string of the molecule is O=C(NCC1CCOC1)c1ccc2c(c1)CCCO2. The molecule has 102 valence electrons. The Hall–Kier alpha value is -1.55. The van der Waals surface area contributed by atoms with Crippen molar-refractivity contribution in [3.05, 3.63) is 29.3 Å². The lowest BCUT2D eigenvalue weighted by Gasteiger charge is -2.18. The van der Waals surface area contributed by atoms with Gasteiger partial charge in [-0.3, -0.25) is 4.79 Å². The summed E-state index contributed by atoms with van der Waals surface area (Å²) in [5.41, 5.74) is 1.87. The van der Waals surface area contributed by atoms with E-state index in [0.29, 0.717) is 12.5 Å². The van der Waals surface area contributed by atoms with Crippen molar-refractivity contribution in [2.45, 2.75) is 19.3 Å². The fourth-order valence-electron chi connectivity index (χ4n) is 2.59. The Morgan fingerprint density at radius 1 is 1.37 bits per heavy atom. The van der Waals surface area contributed by atoms with Crippen LogP contribution >= 0.6 is 0 Å². The quantitative estimate of drug-likeness (QED) is 0.902. The van der Waals surface area contributed by atoms with Crippen LogP contribution in [0.5, 0.6) is 5.75 Å². The first-order valence-corrected chi connectivity index (χ1v) is 6.94. The highest BCUT2D eigenvalue weighted by atomic mass is 16.5. The molecule has 1 amide bonds. The van der Waals surface area contributed by atoms with Crippen molar-refractivity contribution in [1.29, 1.82) is 0 Å². The number of aryl methyl sites for hydroxylation is 1. The lowest BCUT2D eigenvalue weighted by atomic mass is 10.0. The van der Waals surface area contributed by atoms with E-state index in [0.717, 1.165) is 56.0 Å². The average Bonchev–Trinajstić information content (AvgIpc) is 2.97. The molecule has 1 N–H and O–H groups in total. The van der Waals surface area contributed by atoms with E-state index in [1.807, 2.05) is 18.2 Å². The van der Waals surface area contributed by atoms with E-state index in [2.05, 4.69) is 5.32 Å². The molecule has 0 aromatic heterocycles. The topological polar surface area (TPSA) is 47.6 Å². The summed E-state index contributed by atoms with van der Waals surface area (Å²) in [4.78, 5) is 12.1. The normalized spacial score (nSPS) is 21.6. The molecule has 0 aliphatic carbocycles. The highest BCUT2D eigenvalue weighted by Gasteiger charge is 2.18. The van der Waals surface area contributed by atoms with E-state index < -0.39 is 0 Å². The van der Waals surface area contributed by atoms with Crippen LogP contribution in [0, 0.1) is 5.92 Å². The molecule has 19 heavy (non-hydrogen) atoms. The molecular weight excluding hydrogens is 242 g/mol. The number of nitrogens with one attached hydrogen (secondary N) is 1. The maximum Gasteiger partial charge on any atom is 0.251 e. The van der Waals surface area contributed by atoms with Crippen molar-refractivity contribution in [3.8, 4) is 5.75 Å². The van der Waals surface area contributed by atoms with E-state index in [1.54, 1.807) is 0 Å². The Morgan fingerprint density at radius 2 is 2.32 bits per heavy atom. The summed E-state index contributed by atoms with van der Waals surface area (Å²) in [5.74, 6) is 1.39. The fraction of sp³-hybridized carbons (Fsp3) is 0.533. The van der Waals surface area contributed by atoms with Gasteiger partial charge in [0, 0.05) is 24.6 Å². The number of rotatable bonds is 3. The maximum absolute atomic E-state index is 12.1. The third-order valence-electron chi connectivity index (χ3n) is 3.75. The smallest absolute Gasteiger partial charge is 0.251 e. The fourth-order valence-corrected chi connectivity index (χ4v) is 2.59. The lowest BCUT2D eigenvalue weighted by Crippen LogP contribution is -2.29. The molecule has 1 unspecified atom stereocenters. The molecule has 0 spiro atoms. The summed E-state index contributed by atoms with van der Waals surface area (Å²) < 4.78 is 10.9. The van der Waals surface area contributed by atoms with E-state index in [1.165, 1.54) is 0 Å². The van der Waals surface area contributed by atoms with Crippen LogP contribution in [0.2, 0.25) is 0 Å². The van der Waals surface area contributed by atoms with Gasteiger partial charge in [0.05, 0.1) is 13.2 Å². The predicted molar refractivity (Wildman–Crippen MR) is 71.5 cm³/mol. The molecule has 1 fully saturated rings. The standard InChI is InChI=1S/C15H19NO3/c17-15(16-9-11-5-7-18-10-11)13-3-4-14-12(8-13)2-1-6-19-14/h3-4,8,11H,1-2,5-7,9-10H2,(H,16,17). The molecule has 1 aromatic carbocycles. The maximum atomic E-state index is 12.1. The van der Waals surface area contributed by atoms with Gasteiger partial charge in [0.15, 0.2) is 0 Å². The summed E-state index contributed by atoms with van der Waals surface area (Å²) in [6.45, 7) is 3.06. The number of fused-ring (bicyclic) bond motifs is 1. The van der Waals surface area contributed by atoms with Gasteiger partial charge in [0.1, 0.15) is 5.75 Å². The van der Waals surface area contributed by atoms with Crippen LogP contribution in [0.3, 0.4) is 0 Å². The van der Waals surface area contributed by atoms with Crippen molar-refractivity contribution >= 4 is 5.91 Å². The first kappa shape index (κ1) is 12.5. The summed E-state index contributed by atoms with van der Waals surface area (Å²) in [6, 6.07) is 5.70. The predicted octanol–water partition coefficient (Wildman–Crippen LogP) is 1.78. The van der Waals surface area contributed by atoms with Gasteiger partial charge in [0.2, 0.25) is 0 Å². The number of hydrogen-bond donors (Lipinski definition) is 1. The van der Waals surface area contributed by atoms with E-state index in [9.17, 15) is 4.79 Å². The van der Waals surface area contributed by atoms with E-state index >= 15 is 0 Å². The minimum Gasteiger partial charge on any atom is -0.493 e. The Morgan fingerprint density at radius 3 is 3.16 bits per heavy atom. The van der Waals surface area contributed by atoms with Crippen LogP contribution in [0.15, 0.2) is 18.2 Å². The molecule has 4 heteroatoms. The minimum absolute atomic E-state index is 0.000253. The first-order chi connectivity index (χ1) is 9.33. The molecule has 0 bridgehead atoms. The van der Waals surface area contributed by atoms with E-state index in [-0.39, 0.29) is 5.91 Å². The van der Waals surface area contributed by atoms with E-state index in [4.69, 9.17) is 9.47 Å². The Balaban J connectivity index is 1.62. The summed E-state index contributed by atoms with van der Waals surface area (Å²) in [7, 11) is 0. The van der Waals surface area contributed by atoms with Crippen molar-refractivity contribution in [2.75, 3.05) is 26.4 Å². The average molecular weight is 261 g/mol. The third kappa shape index (κ3) is 2.89. The van der Waals surface area contributed by atoms with Gasteiger partial charge >= 0.3 is 0 Å². The van der Waals surface area contributed by atoms with Crippen LogP contribution in [0.4, 0.5) is 0 Å². The number of carbonyl (C=O) groups excluding carboxylic acids is 1. The van der Waals surface area contributed by atoms with Gasteiger partial charge in [-0.05, 0) is 43.0 Å². The second-order valence-electron chi connectivity index (χ2n) is 5.21. The number of carbonyl (C=O) groups is 1. The van der Waals surface area contributed by atoms with Crippen LogP contribution < -0.4 is 10.1 Å². The second-order valence-corrected chi connectivity index (χ2v) is 5.21. The highest BCUT2D eigenvalue weighted by Crippen LogP contribution is 2.25. The first-order valence-electron chi connectivity index (χ1n) is 6.94. The molecule has 2 aliphatic heterocycles. The Kier molecular flexibility index (Phi) is 3.69. The largest absolute Gasteiger partial charge is 0.493 e. The lowest BCUT2D eigenvalue weighted by molar-refractivity contribution is 0.0945. The number of benzene rings is 1. The van der Waals surface area contributed by atoms with Crippen LogP contribution in [-0.2, 0) is 11.2 Å². The van der Waals surface area contributed by atoms with Gasteiger partial charge in [-0.2, -0.15) is 0 Å². The van der Waals surface area contributed by atoms with Crippen molar-refractivity contribution in [3.63, 3.8) is 0 Å². The molecule has 2 heterocycles. The zero-order valence-corrected chi connectivity index (χ0v) is 11.0. The Labute approximate surface area is 113 Å².